The molecule has 106 valence electrons. The Labute approximate surface area is 117 Å². The minimum atomic E-state index is -0.932. The third-order valence-corrected chi connectivity index (χ3v) is 4.12. The van der Waals surface area contributed by atoms with Crippen LogP contribution in [0, 0.1) is 13.8 Å². The molecule has 1 aliphatic rings. The standard InChI is InChI=1S/C15H19N3O2/c1-9-3-6-14-13(7-9)16-10(2)18(14)12-5-4-11(8-12)17-15(19)20/h3,6-7,11-12,17H,4-5,8H2,1-2H3,(H,19,20)/t11-,12-/m0/s1. The lowest BCUT2D eigenvalue weighted by atomic mass is 10.2. The number of carbonyl (C=O) groups is 1. The first-order valence-electron chi connectivity index (χ1n) is 6.99. The third kappa shape index (κ3) is 2.24. The maximum absolute atomic E-state index is 10.7. The zero-order valence-corrected chi connectivity index (χ0v) is 11.8. The van der Waals surface area contributed by atoms with E-state index in [1.807, 2.05) is 6.92 Å². The van der Waals surface area contributed by atoms with Gasteiger partial charge in [0.1, 0.15) is 5.82 Å². The van der Waals surface area contributed by atoms with Crippen LogP contribution in [0.25, 0.3) is 11.0 Å². The summed E-state index contributed by atoms with van der Waals surface area (Å²) in [5, 5.41) is 11.4. The summed E-state index contributed by atoms with van der Waals surface area (Å²) in [6.45, 7) is 4.09. The van der Waals surface area contributed by atoms with E-state index in [9.17, 15) is 4.79 Å². The Morgan fingerprint density at radius 1 is 1.40 bits per heavy atom. The summed E-state index contributed by atoms with van der Waals surface area (Å²) >= 11 is 0. The van der Waals surface area contributed by atoms with Crippen molar-refractivity contribution in [2.45, 2.75) is 45.2 Å². The molecule has 1 amide bonds. The molecule has 0 radical (unpaired) electrons. The van der Waals surface area contributed by atoms with Crippen LogP contribution in [-0.2, 0) is 0 Å². The van der Waals surface area contributed by atoms with Crippen LogP contribution in [0.15, 0.2) is 18.2 Å². The van der Waals surface area contributed by atoms with E-state index in [2.05, 4.69) is 40.0 Å². The average Bonchev–Trinajstić information content (AvgIpc) is 2.91. The fourth-order valence-corrected chi connectivity index (χ4v) is 3.29. The van der Waals surface area contributed by atoms with Crippen molar-refractivity contribution in [1.29, 1.82) is 0 Å². The van der Waals surface area contributed by atoms with E-state index < -0.39 is 6.09 Å². The molecule has 1 saturated carbocycles. The van der Waals surface area contributed by atoms with E-state index in [0.29, 0.717) is 6.04 Å². The molecule has 1 aromatic carbocycles. The van der Waals surface area contributed by atoms with Gasteiger partial charge in [-0.15, -0.1) is 0 Å². The highest BCUT2D eigenvalue weighted by atomic mass is 16.4. The molecule has 1 heterocycles. The van der Waals surface area contributed by atoms with Gasteiger partial charge >= 0.3 is 6.09 Å². The van der Waals surface area contributed by atoms with E-state index in [1.54, 1.807) is 0 Å². The van der Waals surface area contributed by atoms with Gasteiger partial charge in [-0.3, -0.25) is 0 Å². The van der Waals surface area contributed by atoms with Crippen molar-refractivity contribution in [3.63, 3.8) is 0 Å². The van der Waals surface area contributed by atoms with Gasteiger partial charge in [0.25, 0.3) is 0 Å². The monoisotopic (exact) mass is 273 g/mol. The van der Waals surface area contributed by atoms with Crippen LogP contribution in [0.2, 0.25) is 0 Å². The lowest BCUT2D eigenvalue weighted by molar-refractivity contribution is 0.190. The first-order valence-corrected chi connectivity index (χ1v) is 6.99. The highest BCUT2D eigenvalue weighted by Crippen LogP contribution is 2.34. The average molecular weight is 273 g/mol. The van der Waals surface area contributed by atoms with Crippen LogP contribution in [0.3, 0.4) is 0 Å². The Morgan fingerprint density at radius 3 is 2.95 bits per heavy atom. The minimum Gasteiger partial charge on any atom is -0.465 e. The molecular formula is C15H19N3O2. The molecule has 2 atom stereocenters. The molecule has 20 heavy (non-hydrogen) atoms. The van der Waals surface area contributed by atoms with Crippen molar-refractivity contribution in [2.24, 2.45) is 0 Å². The zero-order chi connectivity index (χ0) is 14.3. The molecule has 0 saturated heterocycles. The van der Waals surface area contributed by atoms with Gasteiger partial charge in [0.2, 0.25) is 0 Å². The lowest BCUT2D eigenvalue weighted by Crippen LogP contribution is -2.31. The van der Waals surface area contributed by atoms with Crippen LogP contribution < -0.4 is 5.32 Å². The largest absolute Gasteiger partial charge is 0.465 e. The Kier molecular flexibility index (Phi) is 3.12. The smallest absolute Gasteiger partial charge is 0.404 e. The van der Waals surface area contributed by atoms with Crippen molar-refractivity contribution in [3.8, 4) is 0 Å². The second-order valence-electron chi connectivity index (χ2n) is 5.63. The molecule has 5 nitrogen and oxygen atoms in total. The number of imidazole rings is 1. The Morgan fingerprint density at radius 2 is 2.20 bits per heavy atom. The Balaban J connectivity index is 1.91. The third-order valence-electron chi connectivity index (χ3n) is 4.12. The zero-order valence-electron chi connectivity index (χ0n) is 11.8. The number of fused-ring (bicyclic) bond motifs is 1. The molecule has 2 aromatic rings. The van der Waals surface area contributed by atoms with Gasteiger partial charge in [-0.1, -0.05) is 6.07 Å². The fraction of sp³-hybridized carbons (Fsp3) is 0.467. The predicted molar refractivity (Wildman–Crippen MR) is 77.0 cm³/mol. The van der Waals surface area contributed by atoms with Gasteiger partial charge in [0.15, 0.2) is 0 Å². The molecule has 0 bridgehead atoms. The van der Waals surface area contributed by atoms with Crippen molar-refractivity contribution < 1.29 is 9.90 Å². The molecule has 1 aromatic heterocycles. The molecule has 3 rings (SSSR count). The lowest BCUT2D eigenvalue weighted by Gasteiger charge is -2.16. The first kappa shape index (κ1) is 13.0. The molecule has 0 aliphatic heterocycles. The van der Waals surface area contributed by atoms with E-state index in [0.717, 1.165) is 36.1 Å². The molecule has 5 heteroatoms. The summed E-state index contributed by atoms with van der Waals surface area (Å²) in [7, 11) is 0. The van der Waals surface area contributed by atoms with Gasteiger partial charge < -0.3 is 15.0 Å². The predicted octanol–water partition coefficient (Wildman–Crippen LogP) is 3.01. The van der Waals surface area contributed by atoms with Crippen LogP contribution >= 0.6 is 0 Å². The highest BCUT2D eigenvalue weighted by molar-refractivity contribution is 5.77. The highest BCUT2D eigenvalue weighted by Gasteiger charge is 2.28. The summed E-state index contributed by atoms with van der Waals surface area (Å²) < 4.78 is 2.26. The molecule has 0 spiro atoms. The number of amides is 1. The molecule has 2 N–H and O–H groups in total. The summed E-state index contributed by atoms with van der Waals surface area (Å²) in [4.78, 5) is 15.4. The normalized spacial score (nSPS) is 22.3. The summed E-state index contributed by atoms with van der Waals surface area (Å²) in [6.07, 6.45) is 1.79. The Bertz CT molecular complexity index is 662. The van der Waals surface area contributed by atoms with E-state index in [1.165, 1.54) is 5.56 Å². The summed E-state index contributed by atoms with van der Waals surface area (Å²) in [5.74, 6) is 1.01. The van der Waals surface area contributed by atoms with E-state index in [-0.39, 0.29) is 6.04 Å². The topological polar surface area (TPSA) is 67.2 Å². The van der Waals surface area contributed by atoms with Gasteiger partial charge in [0, 0.05) is 12.1 Å². The summed E-state index contributed by atoms with van der Waals surface area (Å²) in [6, 6.07) is 6.70. The molecular weight excluding hydrogens is 254 g/mol. The number of aromatic nitrogens is 2. The maximum Gasteiger partial charge on any atom is 0.404 e. The number of hydrogen-bond donors (Lipinski definition) is 2. The van der Waals surface area contributed by atoms with Crippen LogP contribution in [0.1, 0.15) is 36.7 Å². The van der Waals surface area contributed by atoms with Crippen molar-refractivity contribution in [3.05, 3.63) is 29.6 Å². The molecule has 1 aliphatic carbocycles. The van der Waals surface area contributed by atoms with Crippen LogP contribution in [-0.4, -0.2) is 26.8 Å². The van der Waals surface area contributed by atoms with Crippen molar-refractivity contribution in [1.82, 2.24) is 14.9 Å². The Hall–Kier alpha value is -2.04. The maximum atomic E-state index is 10.7. The van der Waals surface area contributed by atoms with Crippen molar-refractivity contribution >= 4 is 17.1 Å². The number of hydrogen-bond acceptors (Lipinski definition) is 2. The van der Waals surface area contributed by atoms with E-state index >= 15 is 0 Å². The number of nitrogens with one attached hydrogen (secondary N) is 1. The van der Waals surface area contributed by atoms with Crippen LogP contribution in [0.5, 0.6) is 0 Å². The van der Waals surface area contributed by atoms with Gasteiger partial charge in [-0.2, -0.15) is 0 Å². The number of benzene rings is 1. The van der Waals surface area contributed by atoms with Gasteiger partial charge in [0.05, 0.1) is 11.0 Å². The van der Waals surface area contributed by atoms with Gasteiger partial charge in [-0.25, -0.2) is 9.78 Å². The van der Waals surface area contributed by atoms with Crippen LogP contribution in [0.4, 0.5) is 4.79 Å². The second kappa shape index (κ2) is 4.81. The summed E-state index contributed by atoms with van der Waals surface area (Å²) in [5.41, 5.74) is 3.38. The van der Waals surface area contributed by atoms with E-state index in [4.69, 9.17) is 5.11 Å². The second-order valence-corrected chi connectivity index (χ2v) is 5.63. The fourth-order valence-electron chi connectivity index (χ4n) is 3.29. The first-order chi connectivity index (χ1) is 9.54. The SMILES string of the molecule is Cc1ccc2c(c1)nc(C)n2[C@H]1CC[C@H](NC(=O)O)C1. The quantitative estimate of drug-likeness (QED) is 0.883. The molecule has 1 fully saturated rings. The van der Waals surface area contributed by atoms with Crippen molar-refractivity contribution in [2.75, 3.05) is 0 Å². The number of carboxylic acid groups (broad SMARTS) is 1. The minimum absolute atomic E-state index is 0.0554. The number of rotatable bonds is 2. The van der Waals surface area contributed by atoms with Gasteiger partial charge in [-0.05, 0) is 50.8 Å². The molecule has 0 unspecified atom stereocenters. The number of nitrogens with zero attached hydrogens (tertiary/aromatic N) is 2. The number of aryl methyl sites for hydroxylation is 2.